The standard InChI is InChI=1S/C22H22N8O2/c31-21(29-23-13-19-25-15-7-1-2-8-16(15)26-19)11-5-6-12-22(32)30-24-14-20-27-17-9-3-4-10-18(17)28-20/h1-4,7-10,13-14H,5-6,11-12H2,(H,25,26)(H,27,28)(H,29,31)(H,30,32)/b23-13+,24-14+. The van der Waals surface area contributed by atoms with Crippen molar-refractivity contribution in [2.24, 2.45) is 10.2 Å². The molecular weight excluding hydrogens is 408 g/mol. The Morgan fingerprint density at radius 2 is 1.19 bits per heavy atom. The minimum absolute atomic E-state index is 0.222. The minimum Gasteiger partial charge on any atom is -0.337 e. The summed E-state index contributed by atoms with van der Waals surface area (Å²) in [6, 6.07) is 15.2. The molecule has 4 rings (SSSR count). The first kappa shape index (κ1) is 20.9. The van der Waals surface area contributed by atoms with Crippen LogP contribution in [-0.4, -0.2) is 44.2 Å². The maximum absolute atomic E-state index is 11.9. The van der Waals surface area contributed by atoms with E-state index < -0.39 is 0 Å². The Morgan fingerprint density at radius 3 is 1.62 bits per heavy atom. The highest BCUT2D eigenvalue weighted by Crippen LogP contribution is 2.09. The Bertz CT molecular complexity index is 1120. The Balaban J connectivity index is 1.11. The number of fused-ring (bicyclic) bond motifs is 2. The second-order valence-corrected chi connectivity index (χ2v) is 7.07. The molecule has 0 radical (unpaired) electrons. The molecule has 0 aliphatic rings. The van der Waals surface area contributed by atoms with Crippen LogP contribution < -0.4 is 10.9 Å². The SMILES string of the molecule is O=C(CCCCC(=O)N/N=C/c1nc2ccccc2[nH]1)N/N=C/c1nc2ccccc2[nH]1. The fourth-order valence-electron chi connectivity index (χ4n) is 3.08. The normalized spacial score (nSPS) is 11.6. The van der Waals surface area contributed by atoms with E-state index in [1.54, 1.807) is 0 Å². The van der Waals surface area contributed by atoms with Gasteiger partial charge in [-0.05, 0) is 37.1 Å². The van der Waals surface area contributed by atoms with Gasteiger partial charge in [0.25, 0.3) is 0 Å². The predicted molar refractivity (Wildman–Crippen MR) is 122 cm³/mol. The zero-order chi connectivity index (χ0) is 22.2. The van der Waals surface area contributed by atoms with Crippen molar-refractivity contribution in [3.8, 4) is 0 Å². The van der Waals surface area contributed by atoms with Crippen molar-refractivity contribution in [2.75, 3.05) is 0 Å². The number of hydrazone groups is 2. The third-order valence-corrected chi connectivity index (χ3v) is 4.63. The number of benzene rings is 2. The number of imidazole rings is 2. The molecule has 0 spiro atoms. The number of carbonyl (C=O) groups is 2. The highest BCUT2D eigenvalue weighted by molar-refractivity contribution is 5.86. The van der Waals surface area contributed by atoms with E-state index in [0.717, 1.165) is 22.1 Å². The van der Waals surface area contributed by atoms with Gasteiger partial charge in [-0.1, -0.05) is 24.3 Å². The topological polar surface area (TPSA) is 140 Å². The van der Waals surface area contributed by atoms with E-state index in [9.17, 15) is 9.59 Å². The van der Waals surface area contributed by atoms with Gasteiger partial charge >= 0.3 is 0 Å². The van der Waals surface area contributed by atoms with Crippen molar-refractivity contribution in [2.45, 2.75) is 25.7 Å². The minimum atomic E-state index is -0.222. The summed E-state index contributed by atoms with van der Waals surface area (Å²) in [5, 5.41) is 7.82. The summed E-state index contributed by atoms with van der Waals surface area (Å²) in [4.78, 5) is 38.6. The molecule has 32 heavy (non-hydrogen) atoms. The molecule has 0 saturated carbocycles. The first-order chi connectivity index (χ1) is 15.7. The third kappa shape index (κ3) is 5.63. The number of nitrogens with zero attached hydrogens (tertiary/aromatic N) is 4. The Labute approximate surface area is 183 Å². The quantitative estimate of drug-likeness (QED) is 0.184. The van der Waals surface area contributed by atoms with Crippen LogP contribution in [0.15, 0.2) is 58.7 Å². The molecular formula is C22H22N8O2. The number of hydrogen-bond donors (Lipinski definition) is 4. The highest BCUT2D eigenvalue weighted by Gasteiger charge is 2.04. The van der Waals surface area contributed by atoms with Gasteiger partial charge in [-0.25, -0.2) is 20.8 Å². The number of nitrogens with one attached hydrogen (secondary N) is 4. The van der Waals surface area contributed by atoms with Crippen LogP contribution in [-0.2, 0) is 9.59 Å². The summed E-state index contributed by atoms with van der Waals surface area (Å²) in [5.74, 6) is 0.680. The Morgan fingerprint density at radius 1 is 0.750 bits per heavy atom. The van der Waals surface area contributed by atoms with Crippen LogP contribution in [0.1, 0.15) is 37.3 Å². The van der Waals surface area contributed by atoms with Crippen molar-refractivity contribution >= 4 is 46.3 Å². The molecule has 0 aliphatic heterocycles. The lowest BCUT2D eigenvalue weighted by Gasteiger charge is -2.00. The molecule has 0 atom stereocenters. The summed E-state index contributed by atoms with van der Waals surface area (Å²) >= 11 is 0. The Kier molecular flexibility index (Phi) is 6.61. The zero-order valence-electron chi connectivity index (χ0n) is 17.2. The van der Waals surface area contributed by atoms with E-state index in [1.807, 2.05) is 48.5 Å². The van der Waals surface area contributed by atoms with Crippen molar-refractivity contribution in [1.82, 2.24) is 30.8 Å². The molecule has 4 aromatic rings. The van der Waals surface area contributed by atoms with E-state index >= 15 is 0 Å². The molecule has 0 saturated heterocycles. The molecule has 2 amide bonds. The number of para-hydroxylation sites is 4. The number of H-pyrrole nitrogens is 2. The lowest BCUT2D eigenvalue weighted by Crippen LogP contribution is -2.19. The van der Waals surface area contributed by atoms with Gasteiger partial charge in [-0.2, -0.15) is 10.2 Å². The maximum atomic E-state index is 11.9. The summed E-state index contributed by atoms with van der Waals surface area (Å²) in [7, 11) is 0. The molecule has 2 aromatic carbocycles. The van der Waals surface area contributed by atoms with E-state index in [4.69, 9.17) is 0 Å². The van der Waals surface area contributed by atoms with Crippen molar-refractivity contribution in [3.05, 3.63) is 60.2 Å². The summed E-state index contributed by atoms with van der Waals surface area (Å²) in [6.07, 6.45) is 4.59. The second kappa shape index (κ2) is 10.1. The smallest absolute Gasteiger partial charge is 0.240 e. The molecule has 0 unspecified atom stereocenters. The maximum Gasteiger partial charge on any atom is 0.240 e. The van der Waals surface area contributed by atoms with Gasteiger partial charge in [-0.15, -0.1) is 0 Å². The van der Waals surface area contributed by atoms with Crippen molar-refractivity contribution < 1.29 is 9.59 Å². The van der Waals surface area contributed by atoms with Gasteiger partial charge < -0.3 is 9.97 Å². The molecule has 10 nitrogen and oxygen atoms in total. The average molecular weight is 430 g/mol. The lowest BCUT2D eigenvalue weighted by molar-refractivity contribution is -0.123. The van der Waals surface area contributed by atoms with E-state index in [-0.39, 0.29) is 24.7 Å². The lowest BCUT2D eigenvalue weighted by atomic mass is 10.2. The van der Waals surface area contributed by atoms with Crippen LogP contribution in [0, 0.1) is 0 Å². The number of rotatable bonds is 9. The number of unbranched alkanes of at least 4 members (excludes halogenated alkanes) is 1. The summed E-state index contributed by atoms with van der Waals surface area (Å²) in [5.41, 5.74) is 8.40. The Hall–Kier alpha value is -4.34. The number of carbonyl (C=O) groups excluding carboxylic acids is 2. The van der Waals surface area contributed by atoms with Gasteiger partial charge in [0, 0.05) is 12.8 Å². The van der Waals surface area contributed by atoms with Crippen LogP contribution >= 0.6 is 0 Å². The highest BCUT2D eigenvalue weighted by atomic mass is 16.2. The molecule has 10 heteroatoms. The molecule has 0 bridgehead atoms. The zero-order valence-corrected chi connectivity index (χ0v) is 17.2. The first-order valence-corrected chi connectivity index (χ1v) is 10.2. The van der Waals surface area contributed by atoms with Crippen LogP contribution in [0.3, 0.4) is 0 Å². The first-order valence-electron chi connectivity index (χ1n) is 10.2. The van der Waals surface area contributed by atoms with Crippen molar-refractivity contribution in [3.63, 3.8) is 0 Å². The summed E-state index contributed by atoms with van der Waals surface area (Å²) in [6.45, 7) is 0. The van der Waals surface area contributed by atoms with Crippen LogP contribution in [0.4, 0.5) is 0 Å². The molecule has 2 heterocycles. The van der Waals surface area contributed by atoms with Gasteiger partial charge in [0.05, 0.1) is 34.5 Å². The van der Waals surface area contributed by atoms with Crippen LogP contribution in [0.2, 0.25) is 0 Å². The van der Waals surface area contributed by atoms with Gasteiger partial charge in [0.15, 0.2) is 11.6 Å². The van der Waals surface area contributed by atoms with Crippen molar-refractivity contribution in [1.29, 1.82) is 0 Å². The molecule has 2 aromatic heterocycles. The fourth-order valence-corrected chi connectivity index (χ4v) is 3.08. The second-order valence-electron chi connectivity index (χ2n) is 7.07. The largest absolute Gasteiger partial charge is 0.337 e. The van der Waals surface area contributed by atoms with Crippen LogP contribution in [0.5, 0.6) is 0 Å². The van der Waals surface area contributed by atoms with E-state index in [1.165, 1.54) is 12.4 Å². The number of hydrogen-bond acceptors (Lipinski definition) is 6. The van der Waals surface area contributed by atoms with Gasteiger partial charge in [-0.3, -0.25) is 9.59 Å². The fraction of sp³-hybridized carbons (Fsp3) is 0.182. The van der Waals surface area contributed by atoms with E-state index in [0.29, 0.717) is 24.5 Å². The van der Waals surface area contributed by atoms with Crippen LogP contribution in [0.25, 0.3) is 22.1 Å². The average Bonchev–Trinajstić information content (AvgIpc) is 3.40. The third-order valence-electron chi connectivity index (χ3n) is 4.63. The van der Waals surface area contributed by atoms with Gasteiger partial charge in [0.1, 0.15) is 0 Å². The number of aromatic amines is 2. The van der Waals surface area contributed by atoms with E-state index in [2.05, 4.69) is 41.0 Å². The number of amides is 2. The monoisotopic (exact) mass is 430 g/mol. The molecule has 0 fully saturated rings. The molecule has 4 N–H and O–H groups in total. The molecule has 0 aliphatic carbocycles. The molecule has 162 valence electrons. The number of aromatic nitrogens is 4. The predicted octanol–water partition coefficient (Wildman–Crippen LogP) is 2.60. The summed E-state index contributed by atoms with van der Waals surface area (Å²) < 4.78 is 0. The van der Waals surface area contributed by atoms with Gasteiger partial charge in [0.2, 0.25) is 11.8 Å².